The summed E-state index contributed by atoms with van der Waals surface area (Å²) in [7, 11) is 0. The van der Waals surface area contributed by atoms with E-state index in [2.05, 4.69) is 0 Å². The average Bonchev–Trinajstić information content (AvgIpc) is 2.73. The number of primary amides is 1. The summed E-state index contributed by atoms with van der Waals surface area (Å²) >= 11 is 1.43. The molecule has 1 unspecified atom stereocenters. The average molecular weight is 241 g/mol. The Kier molecular flexibility index (Phi) is 4.45. The zero-order chi connectivity index (χ0) is 12.1. The van der Waals surface area contributed by atoms with Crippen LogP contribution in [0.15, 0.2) is 12.1 Å². The Labute approximate surface area is 97.2 Å². The summed E-state index contributed by atoms with van der Waals surface area (Å²) in [4.78, 5) is 23.5. The number of rotatable bonds is 5. The first-order valence-electron chi connectivity index (χ1n) is 4.69. The fourth-order valence-electron chi connectivity index (χ4n) is 1.12. The van der Waals surface area contributed by atoms with Gasteiger partial charge in [-0.15, -0.1) is 11.3 Å². The maximum atomic E-state index is 10.9. The number of nitrogens with two attached hydrogens (primary N) is 1. The summed E-state index contributed by atoms with van der Waals surface area (Å²) < 4.78 is 0. The number of hydroxylamine groups is 1. The normalized spacial score (nSPS) is 12.1. The van der Waals surface area contributed by atoms with Crippen LogP contribution in [0.25, 0.3) is 0 Å². The molecule has 1 aromatic heterocycles. The zero-order valence-electron chi connectivity index (χ0n) is 8.77. The van der Waals surface area contributed by atoms with E-state index in [4.69, 9.17) is 10.9 Å². The van der Waals surface area contributed by atoms with Crippen LogP contribution in [0.2, 0.25) is 0 Å². The SMILES string of the molecule is CC(C(N)=O)c1ccc(C[CH]C(=O)NO)s1. The summed E-state index contributed by atoms with van der Waals surface area (Å²) in [5.41, 5.74) is 6.70. The molecule has 87 valence electrons. The molecule has 0 aromatic carbocycles. The van der Waals surface area contributed by atoms with Gasteiger partial charge in [-0.3, -0.25) is 14.8 Å². The van der Waals surface area contributed by atoms with E-state index >= 15 is 0 Å². The van der Waals surface area contributed by atoms with Gasteiger partial charge >= 0.3 is 0 Å². The Balaban J connectivity index is 2.58. The first-order chi connectivity index (χ1) is 7.54. The number of hydrogen-bond donors (Lipinski definition) is 3. The second-order valence-electron chi connectivity index (χ2n) is 3.31. The molecule has 0 aliphatic heterocycles. The molecule has 6 heteroatoms. The Hall–Kier alpha value is -1.40. The standard InChI is InChI=1S/C10H13N2O3S/c1-6(10(11)14)8-4-2-7(16-8)3-5-9(13)12-15/h2,4-6,15H,3H2,1H3,(H2,11,14)(H,12,13). The van der Waals surface area contributed by atoms with E-state index in [0.717, 1.165) is 9.75 Å². The lowest BCUT2D eigenvalue weighted by Crippen LogP contribution is -2.19. The van der Waals surface area contributed by atoms with Crippen molar-refractivity contribution in [1.82, 2.24) is 5.48 Å². The summed E-state index contributed by atoms with van der Waals surface area (Å²) in [5, 5.41) is 8.29. The van der Waals surface area contributed by atoms with Gasteiger partial charge in [-0.2, -0.15) is 0 Å². The molecule has 0 aliphatic carbocycles. The van der Waals surface area contributed by atoms with Gasteiger partial charge in [0.05, 0.1) is 12.3 Å². The fraction of sp³-hybridized carbons (Fsp3) is 0.300. The first-order valence-corrected chi connectivity index (χ1v) is 5.51. The molecule has 0 fully saturated rings. The quantitative estimate of drug-likeness (QED) is 0.520. The van der Waals surface area contributed by atoms with Crippen LogP contribution in [-0.2, 0) is 16.0 Å². The van der Waals surface area contributed by atoms with Crippen molar-refractivity contribution in [2.24, 2.45) is 5.73 Å². The van der Waals surface area contributed by atoms with Gasteiger partial charge in [0, 0.05) is 9.75 Å². The van der Waals surface area contributed by atoms with Crippen molar-refractivity contribution in [3.05, 3.63) is 28.3 Å². The van der Waals surface area contributed by atoms with Crippen LogP contribution in [0.3, 0.4) is 0 Å². The second-order valence-corrected chi connectivity index (χ2v) is 4.51. The van der Waals surface area contributed by atoms with Crippen molar-refractivity contribution >= 4 is 23.2 Å². The highest BCUT2D eigenvalue weighted by Gasteiger charge is 2.14. The minimum Gasteiger partial charge on any atom is -0.369 e. The minimum absolute atomic E-state index is 0.314. The summed E-state index contributed by atoms with van der Waals surface area (Å²) in [6.07, 6.45) is 1.74. The molecule has 1 radical (unpaired) electrons. The molecule has 1 aromatic rings. The molecule has 0 spiro atoms. The van der Waals surface area contributed by atoms with Crippen LogP contribution in [-0.4, -0.2) is 17.0 Å². The number of carbonyl (C=O) groups is 2. The van der Waals surface area contributed by atoms with Crippen molar-refractivity contribution in [2.75, 3.05) is 0 Å². The molecular formula is C10H13N2O3S. The second kappa shape index (κ2) is 5.62. The lowest BCUT2D eigenvalue weighted by atomic mass is 10.1. The monoisotopic (exact) mass is 241 g/mol. The number of amides is 2. The van der Waals surface area contributed by atoms with Crippen LogP contribution in [0.1, 0.15) is 22.6 Å². The minimum atomic E-state index is -0.544. The van der Waals surface area contributed by atoms with E-state index in [9.17, 15) is 9.59 Å². The van der Waals surface area contributed by atoms with Crippen molar-refractivity contribution in [3.8, 4) is 0 Å². The van der Waals surface area contributed by atoms with Crippen LogP contribution < -0.4 is 11.2 Å². The van der Waals surface area contributed by atoms with Crippen LogP contribution in [0, 0.1) is 6.42 Å². The summed E-state index contributed by atoms with van der Waals surface area (Å²) in [6.45, 7) is 1.74. The van der Waals surface area contributed by atoms with Crippen molar-refractivity contribution in [3.63, 3.8) is 0 Å². The first kappa shape index (κ1) is 12.7. The molecule has 0 aliphatic rings. The molecule has 2 amide bonds. The van der Waals surface area contributed by atoms with Crippen LogP contribution in [0.4, 0.5) is 0 Å². The Bertz CT molecular complexity index is 389. The molecule has 1 rings (SSSR count). The third-order valence-corrected chi connectivity index (χ3v) is 3.43. The number of carbonyl (C=O) groups excluding carboxylic acids is 2. The smallest absolute Gasteiger partial charge is 0.247 e. The maximum absolute atomic E-state index is 10.9. The number of hydrogen-bond acceptors (Lipinski definition) is 4. The molecule has 0 saturated carbocycles. The van der Waals surface area contributed by atoms with Gasteiger partial charge in [-0.25, -0.2) is 5.48 Å². The van der Waals surface area contributed by atoms with Crippen LogP contribution >= 0.6 is 11.3 Å². The van der Waals surface area contributed by atoms with E-state index in [1.165, 1.54) is 23.2 Å². The van der Waals surface area contributed by atoms with E-state index in [0.29, 0.717) is 6.42 Å². The topological polar surface area (TPSA) is 92.4 Å². The molecule has 4 N–H and O–H groups in total. The van der Waals surface area contributed by atoms with Gasteiger partial charge in [0.15, 0.2) is 0 Å². The zero-order valence-corrected chi connectivity index (χ0v) is 9.58. The predicted molar refractivity (Wildman–Crippen MR) is 59.9 cm³/mol. The van der Waals surface area contributed by atoms with Crippen molar-refractivity contribution in [1.29, 1.82) is 0 Å². The van der Waals surface area contributed by atoms with E-state index in [1.54, 1.807) is 6.92 Å². The molecule has 1 atom stereocenters. The van der Waals surface area contributed by atoms with Crippen LogP contribution in [0.5, 0.6) is 0 Å². The van der Waals surface area contributed by atoms with E-state index < -0.39 is 5.91 Å². The van der Waals surface area contributed by atoms with Gasteiger partial charge in [-0.05, 0) is 25.5 Å². The fourth-order valence-corrected chi connectivity index (χ4v) is 2.15. The van der Waals surface area contributed by atoms with Gasteiger partial charge in [0.25, 0.3) is 0 Å². The Morgan fingerprint density at radius 2 is 2.31 bits per heavy atom. The van der Waals surface area contributed by atoms with E-state index in [-0.39, 0.29) is 11.8 Å². The third kappa shape index (κ3) is 3.32. The highest BCUT2D eigenvalue weighted by molar-refractivity contribution is 7.12. The van der Waals surface area contributed by atoms with Crippen molar-refractivity contribution < 1.29 is 14.8 Å². The van der Waals surface area contributed by atoms with Gasteiger partial charge in [0.2, 0.25) is 11.8 Å². The lowest BCUT2D eigenvalue weighted by molar-refractivity contribution is -0.125. The maximum Gasteiger partial charge on any atom is 0.247 e. The molecular weight excluding hydrogens is 228 g/mol. The Morgan fingerprint density at radius 3 is 2.88 bits per heavy atom. The predicted octanol–water partition coefficient (Wildman–Crippen LogP) is 0.589. The van der Waals surface area contributed by atoms with Gasteiger partial charge in [0.1, 0.15) is 0 Å². The summed E-state index contributed by atoms with van der Waals surface area (Å²) in [6, 6.07) is 3.65. The number of nitrogens with one attached hydrogen (secondary N) is 1. The molecule has 5 nitrogen and oxygen atoms in total. The third-order valence-electron chi connectivity index (χ3n) is 2.13. The Morgan fingerprint density at radius 1 is 1.62 bits per heavy atom. The largest absolute Gasteiger partial charge is 0.369 e. The number of thiophene rings is 1. The van der Waals surface area contributed by atoms with E-state index in [1.807, 2.05) is 12.1 Å². The molecule has 16 heavy (non-hydrogen) atoms. The molecule has 1 heterocycles. The highest BCUT2D eigenvalue weighted by Crippen LogP contribution is 2.25. The van der Waals surface area contributed by atoms with Crippen molar-refractivity contribution in [2.45, 2.75) is 19.3 Å². The summed E-state index contributed by atoms with van der Waals surface area (Å²) in [5.74, 6) is -1.23. The molecule has 0 saturated heterocycles. The highest BCUT2D eigenvalue weighted by atomic mass is 32.1. The molecule has 0 bridgehead atoms. The van der Waals surface area contributed by atoms with Gasteiger partial charge < -0.3 is 5.73 Å². The van der Waals surface area contributed by atoms with Gasteiger partial charge in [-0.1, -0.05) is 0 Å². The lowest BCUT2D eigenvalue weighted by Gasteiger charge is -2.02.